The molecule has 3 heteroatoms. The first-order valence-electron chi connectivity index (χ1n) is 7.95. The molecule has 2 atom stereocenters. The quantitative estimate of drug-likeness (QED) is 0.935. The highest BCUT2D eigenvalue weighted by atomic mass is 15.2. The van der Waals surface area contributed by atoms with Crippen LogP contribution in [0.4, 0.5) is 5.82 Å². The molecule has 1 aromatic carbocycles. The Morgan fingerprint density at radius 2 is 1.90 bits per heavy atom. The van der Waals surface area contributed by atoms with Crippen molar-refractivity contribution in [3.8, 4) is 0 Å². The van der Waals surface area contributed by atoms with Crippen molar-refractivity contribution in [1.29, 1.82) is 0 Å². The van der Waals surface area contributed by atoms with Crippen molar-refractivity contribution in [2.75, 3.05) is 25.0 Å². The largest absolute Gasteiger partial charge is 0.356 e. The van der Waals surface area contributed by atoms with Crippen LogP contribution in [0.15, 0.2) is 30.3 Å². The molecule has 0 spiro atoms. The Hall–Kier alpha value is -1.61. The average molecular weight is 283 g/mol. The van der Waals surface area contributed by atoms with Gasteiger partial charge in [-0.05, 0) is 37.4 Å². The zero-order valence-corrected chi connectivity index (χ0v) is 13.3. The van der Waals surface area contributed by atoms with Gasteiger partial charge >= 0.3 is 0 Å². The molecule has 0 radical (unpaired) electrons. The van der Waals surface area contributed by atoms with Crippen molar-refractivity contribution in [1.82, 2.24) is 10.3 Å². The second-order valence-electron chi connectivity index (χ2n) is 6.55. The van der Waals surface area contributed by atoms with Gasteiger partial charge in [-0.15, -0.1) is 0 Å². The van der Waals surface area contributed by atoms with Gasteiger partial charge in [0.25, 0.3) is 0 Å². The molecule has 0 aliphatic carbocycles. The normalized spacial score (nSPS) is 22.7. The molecule has 112 valence electrons. The predicted molar refractivity (Wildman–Crippen MR) is 89.7 cm³/mol. The van der Waals surface area contributed by atoms with Crippen LogP contribution in [0.25, 0.3) is 10.9 Å². The van der Waals surface area contributed by atoms with E-state index in [1.165, 1.54) is 23.2 Å². The number of para-hydroxylation sites is 1. The number of nitrogens with zero attached hydrogens (tertiary/aromatic N) is 2. The minimum absolute atomic E-state index is 0.740. The Balaban J connectivity index is 2.04. The van der Waals surface area contributed by atoms with Crippen molar-refractivity contribution in [3.05, 3.63) is 35.9 Å². The maximum atomic E-state index is 4.97. The van der Waals surface area contributed by atoms with Crippen LogP contribution in [-0.2, 0) is 6.54 Å². The highest BCUT2D eigenvalue weighted by Crippen LogP contribution is 2.29. The van der Waals surface area contributed by atoms with Crippen LogP contribution >= 0.6 is 0 Å². The molecule has 2 unspecified atom stereocenters. The first-order chi connectivity index (χ1) is 10.2. The average Bonchev–Trinajstić information content (AvgIpc) is 2.46. The van der Waals surface area contributed by atoms with E-state index in [0.717, 1.165) is 37.0 Å². The standard InChI is InChI=1S/C18H25N3/c1-13-8-14(2)12-21(11-13)18-16(10-19-3)9-15-6-4-5-7-17(15)20-18/h4-7,9,13-14,19H,8,10-12H2,1-3H3. The molecule has 2 aromatic rings. The summed E-state index contributed by atoms with van der Waals surface area (Å²) in [6, 6.07) is 10.7. The number of hydrogen-bond donors (Lipinski definition) is 1. The van der Waals surface area contributed by atoms with Crippen LogP contribution in [0.1, 0.15) is 25.8 Å². The lowest BCUT2D eigenvalue weighted by molar-refractivity contribution is 0.355. The Morgan fingerprint density at radius 3 is 2.62 bits per heavy atom. The summed E-state index contributed by atoms with van der Waals surface area (Å²) in [5.74, 6) is 2.65. The molecule has 21 heavy (non-hydrogen) atoms. The molecule has 1 saturated heterocycles. The van der Waals surface area contributed by atoms with Gasteiger partial charge in [-0.2, -0.15) is 0 Å². The van der Waals surface area contributed by atoms with Gasteiger partial charge in [0.15, 0.2) is 0 Å². The van der Waals surface area contributed by atoms with Crippen LogP contribution in [0.3, 0.4) is 0 Å². The summed E-state index contributed by atoms with van der Waals surface area (Å²) in [5.41, 5.74) is 2.40. The molecule has 0 amide bonds. The highest BCUT2D eigenvalue weighted by molar-refractivity contribution is 5.81. The van der Waals surface area contributed by atoms with Crippen LogP contribution in [-0.4, -0.2) is 25.1 Å². The lowest BCUT2D eigenvalue weighted by Crippen LogP contribution is -2.40. The first kappa shape index (κ1) is 14.3. The molecule has 1 aromatic heterocycles. The van der Waals surface area contributed by atoms with Gasteiger partial charge in [0.2, 0.25) is 0 Å². The lowest BCUT2D eigenvalue weighted by Gasteiger charge is -2.37. The molecule has 3 nitrogen and oxygen atoms in total. The van der Waals surface area contributed by atoms with Gasteiger partial charge in [0.1, 0.15) is 5.82 Å². The molecule has 2 heterocycles. The topological polar surface area (TPSA) is 28.2 Å². The molecular weight excluding hydrogens is 258 g/mol. The molecule has 0 bridgehead atoms. The number of aromatic nitrogens is 1. The van der Waals surface area contributed by atoms with Crippen LogP contribution in [0.2, 0.25) is 0 Å². The fraction of sp³-hybridized carbons (Fsp3) is 0.500. The van der Waals surface area contributed by atoms with E-state index >= 15 is 0 Å². The molecule has 1 N–H and O–H groups in total. The van der Waals surface area contributed by atoms with Crippen LogP contribution in [0, 0.1) is 11.8 Å². The van der Waals surface area contributed by atoms with Gasteiger partial charge in [-0.1, -0.05) is 32.0 Å². The summed E-state index contributed by atoms with van der Waals surface area (Å²) in [7, 11) is 2.00. The third kappa shape index (κ3) is 3.03. The number of piperidine rings is 1. The summed E-state index contributed by atoms with van der Waals surface area (Å²) in [6.45, 7) is 7.80. The van der Waals surface area contributed by atoms with Gasteiger partial charge < -0.3 is 10.2 Å². The number of benzene rings is 1. The zero-order chi connectivity index (χ0) is 14.8. The Kier molecular flexibility index (Phi) is 4.11. The fourth-order valence-electron chi connectivity index (χ4n) is 3.58. The van der Waals surface area contributed by atoms with Gasteiger partial charge in [-0.25, -0.2) is 4.98 Å². The Morgan fingerprint density at radius 1 is 1.19 bits per heavy atom. The predicted octanol–water partition coefficient (Wildman–Crippen LogP) is 3.44. The van der Waals surface area contributed by atoms with E-state index < -0.39 is 0 Å². The monoisotopic (exact) mass is 283 g/mol. The fourth-order valence-corrected chi connectivity index (χ4v) is 3.58. The molecular formula is C18H25N3. The van der Waals surface area contributed by atoms with Crippen molar-refractivity contribution in [3.63, 3.8) is 0 Å². The number of anilines is 1. The minimum Gasteiger partial charge on any atom is -0.356 e. The van der Waals surface area contributed by atoms with E-state index in [9.17, 15) is 0 Å². The second-order valence-corrected chi connectivity index (χ2v) is 6.55. The number of fused-ring (bicyclic) bond motifs is 1. The molecule has 1 aliphatic rings. The summed E-state index contributed by atoms with van der Waals surface area (Å²) < 4.78 is 0. The summed E-state index contributed by atoms with van der Waals surface area (Å²) in [4.78, 5) is 7.46. The summed E-state index contributed by atoms with van der Waals surface area (Å²) in [6.07, 6.45) is 1.32. The Bertz CT molecular complexity index is 613. The maximum absolute atomic E-state index is 4.97. The highest BCUT2D eigenvalue weighted by Gasteiger charge is 2.24. The number of nitrogens with one attached hydrogen (secondary N) is 1. The smallest absolute Gasteiger partial charge is 0.133 e. The van der Waals surface area contributed by atoms with Gasteiger partial charge in [0, 0.05) is 30.6 Å². The zero-order valence-electron chi connectivity index (χ0n) is 13.3. The number of rotatable bonds is 3. The first-order valence-corrected chi connectivity index (χ1v) is 7.95. The van der Waals surface area contributed by atoms with Crippen molar-refractivity contribution < 1.29 is 0 Å². The number of pyridine rings is 1. The summed E-state index contributed by atoms with van der Waals surface area (Å²) in [5, 5.41) is 4.51. The van der Waals surface area contributed by atoms with E-state index in [-0.39, 0.29) is 0 Å². The third-order valence-corrected chi connectivity index (χ3v) is 4.32. The minimum atomic E-state index is 0.740. The van der Waals surface area contributed by atoms with E-state index in [0.29, 0.717) is 0 Å². The lowest BCUT2D eigenvalue weighted by atomic mass is 9.91. The van der Waals surface area contributed by atoms with Crippen LogP contribution < -0.4 is 10.2 Å². The van der Waals surface area contributed by atoms with E-state index in [2.05, 4.69) is 54.4 Å². The van der Waals surface area contributed by atoms with E-state index in [4.69, 9.17) is 4.98 Å². The van der Waals surface area contributed by atoms with Gasteiger partial charge in [0.05, 0.1) is 5.52 Å². The third-order valence-electron chi connectivity index (χ3n) is 4.32. The van der Waals surface area contributed by atoms with Crippen molar-refractivity contribution in [2.45, 2.75) is 26.8 Å². The Labute approximate surface area is 127 Å². The SMILES string of the molecule is CNCc1cc2ccccc2nc1N1CC(C)CC(C)C1. The van der Waals surface area contributed by atoms with Crippen molar-refractivity contribution in [2.24, 2.45) is 11.8 Å². The molecule has 1 aliphatic heterocycles. The maximum Gasteiger partial charge on any atom is 0.133 e. The second kappa shape index (κ2) is 6.02. The van der Waals surface area contributed by atoms with E-state index in [1.54, 1.807) is 0 Å². The number of hydrogen-bond acceptors (Lipinski definition) is 3. The van der Waals surface area contributed by atoms with Crippen molar-refractivity contribution >= 4 is 16.7 Å². The summed E-state index contributed by atoms with van der Waals surface area (Å²) >= 11 is 0. The molecule has 1 fully saturated rings. The molecule has 3 rings (SSSR count). The van der Waals surface area contributed by atoms with Crippen LogP contribution in [0.5, 0.6) is 0 Å². The van der Waals surface area contributed by atoms with Gasteiger partial charge in [-0.3, -0.25) is 0 Å². The van der Waals surface area contributed by atoms with E-state index in [1.807, 2.05) is 7.05 Å². The molecule has 0 saturated carbocycles.